The molecule has 2 heteroatoms. The zero-order chi connectivity index (χ0) is 11.0. The summed E-state index contributed by atoms with van der Waals surface area (Å²) in [7, 11) is 0. The molecule has 0 aliphatic heterocycles. The molecule has 0 radical (unpaired) electrons. The fourth-order valence-corrected chi connectivity index (χ4v) is 5.56. The molecule has 4 aliphatic carbocycles. The Morgan fingerprint density at radius 3 is 2.88 bits per heavy atom. The molecule has 0 saturated heterocycles. The van der Waals surface area contributed by atoms with E-state index >= 15 is 0 Å². The van der Waals surface area contributed by atoms with Crippen LogP contribution in [0, 0.1) is 28.6 Å². The molecule has 5 atom stereocenters. The van der Waals surface area contributed by atoms with Gasteiger partial charge in [-0.15, -0.1) is 0 Å². The van der Waals surface area contributed by atoms with Crippen LogP contribution >= 0.6 is 0 Å². The number of hydrogen-bond acceptors (Lipinski definition) is 2. The molecule has 0 amide bonds. The van der Waals surface area contributed by atoms with E-state index in [1.807, 2.05) is 0 Å². The third-order valence-corrected chi connectivity index (χ3v) is 6.32. The van der Waals surface area contributed by atoms with Gasteiger partial charge in [-0.2, -0.15) is 0 Å². The van der Waals surface area contributed by atoms with E-state index in [1.165, 1.54) is 32.1 Å². The minimum atomic E-state index is 0.579. The van der Waals surface area contributed by atoms with E-state index in [1.54, 1.807) is 5.57 Å². The minimum absolute atomic E-state index is 0.579. The molecule has 2 nitrogen and oxygen atoms in total. The molecule has 16 heavy (non-hydrogen) atoms. The normalized spacial score (nSPS) is 56.9. The third-order valence-electron chi connectivity index (χ3n) is 6.32. The van der Waals surface area contributed by atoms with Crippen LogP contribution in [0.1, 0.15) is 32.1 Å². The molecule has 4 N–H and O–H groups in total. The Balaban J connectivity index is 1.71. The molecule has 0 heterocycles. The van der Waals surface area contributed by atoms with Crippen molar-refractivity contribution in [2.75, 3.05) is 13.1 Å². The molecule has 3 fully saturated rings. The van der Waals surface area contributed by atoms with Crippen molar-refractivity contribution in [1.82, 2.24) is 0 Å². The Morgan fingerprint density at radius 1 is 1.25 bits per heavy atom. The lowest BCUT2D eigenvalue weighted by Gasteiger charge is -2.35. The van der Waals surface area contributed by atoms with Crippen LogP contribution in [0.4, 0.5) is 0 Å². The lowest BCUT2D eigenvalue weighted by molar-refractivity contribution is 0.257. The maximum Gasteiger partial charge on any atom is -0.00141 e. The van der Waals surface area contributed by atoms with Crippen LogP contribution in [-0.2, 0) is 0 Å². The zero-order valence-corrected chi connectivity index (χ0v) is 9.91. The fourth-order valence-electron chi connectivity index (χ4n) is 5.56. The van der Waals surface area contributed by atoms with E-state index in [0.29, 0.717) is 16.7 Å². The van der Waals surface area contributed by atoms with Gasteiger partial charge in [0.25, 0.3) is 0 Å². The second-order valence-electron chi connectivity index (χ2n) is 6.71. The van der Waals surface area contributed by atoms with Gasteiger partial charge >= 0.3 is 0 Å². The standard InChI is InChI=1S/C14H22N2/c15-6-9-1-2-12-11(3-9)10-4-13(8-16)7-14(12,13)5-10/h3,9-10,12H,1-2,4-8,15-16H2. The van der Waals surface area contributed by atoms with Crippen LogP contribution in [0.3, 0.4) is 0 Å². The van der Waals surface area contributed by atoms with Crippen LogP contribution in [0.15, 0.2) is 11.6 Å². The Labute approximate surface area is 97.5 Å². The number of rotatable bonds is 2. The summed E-state index contributed by atoms with van der Waals surface area (Å²) in [5, 5.41) is 0. The van der Waals surface area contributed by atoms with Crippen molar-refractivity contribution < 1.29 is 0 Å². The van der Waals surface area contributed by atoms with Crippen LogP contribution in [0.25, 0.3) is 0 Å². The lowest BCUT2D eigenvalue weighted by atomic mass is 9.71. The molecule has 5 unspecified atom stereocenters. The first-order valence-corrected chi connectivity index (χ1v) is 6.86. The summed E-state index contributed by atoms with van der Waals surface area (Å²) in [6.45, 7) is 1.78. The predicted octanol–water partition coefficient (Wildman–Crippen LogP) is 1.66. The van der Waals surface area contributed by atoms with Crippen molar-refractivity contribution in [3.63, 3.8) is 0 Å². The van der Waals surface area contributed by atoms with E-state index in [0.717, 1.165) is 24.9 Å². The van der Waals surface area contributed by atoms with Crippen molar-refractivity contribution in [3.8, 4) is 0 Å². The Morgan fingerprint density at radius 2 is 2.12 bits per heavy atom. The molecule has 2 bridgehead atoms. The number of allylic oxidation sites excluding steroid dienone is 1. The first-order valence-electron chi connectivity index (χ1n) is 6.86. The highest BCUT2D eigenvalue weighted by atomic mass is 14.9. The molecule has 0 aromatic rings. The summed E-state index contributed by atoms with van der Waals surface area (Å²) >= 11 is 0. The molecular weight excluding hydrogens is 196 g/mol. The first kappa shape index (κ1) is 9.67. The average molecular weight is 218 g/mol. The zero-order valence-electron chi connectivity index (χ0n) is 9.91. The van der Waals surface area contributed by atoms with Gasteiger partial charge in [0.15, 0.2) is 0 Å². The quantitative estimate of drug-likeness (QED) is 0.693. The molecule has 88 valence electrons. The Hall–Kier alpha value is -0.340. The summed E-state index contributed by atoms with van der Waals surface area (Å²) in [6, 6.07) is 0. The molecule has 0 aromatic carbocycles. The summed E-state index contributed by atoms with van der Waals surface area (Å²) in [5.74, 6) is 2.46. The highest BCUT2D eigenvalue weighted by Gasteiger charge is 2.78. The highest BCUT2D eigenvalue weighted by molar-refractivity contribution is 5.40. The summed E-state index contributed by atoms with van der Waals surface area (Å²) in [5.41, 5.74) is 14.9. The van der Waals surface area contributed by atoms with Gasteiger partial charge in [0.1, 0.15) is 0 Å². The summed E-state index contributed by atoms with van der Waals surface area (Å²) < 4.78 is 0. The van der Waals surface area contributed by atoms with Crippen LogP contribution in [0.2, 0.25) is 0 Å². The van der Waals surface area contributed by atoms with E-state index in [9.17, 15) is 0 Å². The summed E-state index contributed by atoms with van der Waals surface area (Å²) in [4.78, 5) is 0. The second-order valence-corrected chi connectivity index (χ2v) is 6.71. The third kappa shape index (κ3) is 0.853. The van der Waals surface area contributed by atoms with Crippen LogP contribution in [-0.4, -0.2) is 13.1 Å². The van der Waals surface area contributed by atoms with Crippen LogP contribution in [0.5, 0.6) is 0 Å². The second kappa shape index (κ2) is 2.73. The maximum absolute atomic E-state index is 6.03. The van der Waals surface area contributed by atoms with Gasteiger partial charge in [0.05, 0.1) is 0 Å². The predicted molar refractivity (Wildman–Crippen MR) is 64.6 cm³/mol. The van der Waals surface area contributed by atoms with Gasteiger partial charge in [-0.1, -0.05) is 11.6 Å². The number of fused-ring (bicyclic) bond motifs is 3. The van der Waals surface area contributed by atoms with Gasteiger partial charge in [-0.25, -0.2) is 0 Å². The van der Waals surface area contributed by atoms with E-state index in [4.69, 9.17) is 11.5 Å². The lowest BCUT2D eigenvalue weighted by Crippen LogP contribution is -2.31. The highest BCUT2D eigenvalue weighted by Crippen LogP contribution is 2.85. The van der Waals surface area contributed by atoms with Gasteiger partial charge in [0, 0.05) is 0 Å². The molecule has 3 saturated carbocycles. The molecule has 4 rings (SSSR count). The molecule has 0 aromatic heterocycles. The number of nitrogens with two attached hydrogens (primary N) is 2. The van der Waals surface area contributed by atoms with Crippen molar-refractivity contribution >= 4 is 0 Å². The van der Waals surface area contributed by atoms with Crippen LogP contribution < -0.4 is 11.5 Å². The average Bonchev–Trinajstić information content (AvgIpc) is 2.75. The molecular formula is C14H22N2. The topological polar surface area (TPSA) is 52.0 Å². The van der Waals surface area contributed by atoms with Gasteiger partial charge in [-0.05, 0) is 73.8 Å². The Bertz CT molecular complexity index is 375. The largest absolute Gasteiger partial charge is 0.330 e. The van der Waals surface area contributed by atoms with E-state index in [2.05, 4.69) is 6.08 Å². The number of hydrogen-bond donors (Lipinski definition) is 2. The molecule has 1 spiro atoms. The maximum atomic E-state index is 6.03. The molecule has 4 aliphatic rings. The van der Waals surface area contributed by atoms with E-state index < -0.39 is 0 Å². The first-order chi connectivity index (χ1) is 7.75. The summed E-state index contributed by atoms with van der Waals surface area (Å²) in [6.07, 6.45) is 9.54. The minimum Gasteiger partial charge on any atom is -0.330 e. The monoisotopic (exact) mass is 218 g/mol. The fraction of sp³-hybridized carbons (Fsp3) is 0.857. The van der Waals surface area contributed by atoms with Gasteiger partial charge < -0.3 is 11.5 Å². The van der Waals surface area contributed by atoms with Gasteiger partial charge in [0.2, 0.25) is 0 Å². The van der Waals surface area contributed by atoms with Gasteiger partial charge in [-0.3, -0.25) is 0 Å². The Kier molecular flexibility index (Phi) is 1.65. The van der Waals surface area contributed by atoms with Crippen molar-refractivity contribution in [2.24, 2.45) is 40.1 Å². The van der Waals surface area contributed by atoms with Crippen molar-refractivity contribution in [3.05, 3.63) is 11.6 Å². The van der Waals surface area contributed by atoms with Crippen molar-refractivity contribution in [2.45, 2.75) is 32.1 Å². The SMILES string of the molecule is NCC1C=C2C3CC4(CN)CC4(C3)C2CC1. The van der Waals surface area contributed by atoms with Crippen molar-refractivity contribution in [1.29, 1.82) is 0 Å². The van der Waals surface area contributed by atoms with E-state index in [-0.39, 0.29) is 0 Å². The smallest absolute Gasteiger partial charge is 0.00141 e.